The normalized spacial score (nSPS) is 18.9. The lowest BCUT2D eigenvalue weighted by molar-refractivity contribution is 0.0529. The van der Waals surface area contributed by atoms with E-state index in [0.29, 0.717) is 18.4 Å². The smallest absolute Gasteiger partial charge is 0.168 e. The monoisotopic (exact) mass is 349 g/mol. The molecule has 5 nitrogen and oxygen atoms in total. The Morgan fingerprint density at radius 2 is 1.96 bits per heavy atom. The second kappa shape index (κ2) is 8.90. The van der Waals surface area contributed by atoms with Gasteiger partial charge in [0.05, 0.1) is 24.9 Å². The summed E-state index contributed by atoms with van der Waals surface area (Å²) < 4.78 is 0. The lowest BCUT2D eigenvalue weighted by Gasteiger charge is -2.36. The molecule has 1 aromatic carbocycles. The Balaban J connectivity index is 2.11. The molecular formula is C20H31NO4. The third kappa shape index (κ3) is 4.47. The van der Waals surface area contributed by atoms with Crippen molar-refractivity contribution in [2.45, 2.75) is 63.5 Å². The molecule has 140 valence electrons. The topological polar surface area (TPSA) is 104 Å². The quantitative estimate of drug-likeness (QED) is 0.511. The van der Waals surface area contributed by atoms with Gasteiger partial charge in [-0.05, 0) is 30.4 Å². The Hall–Kier alpha value is -1.27. The van der Waals surface area contributed by atoms with Gasteiger partial charge in [0.25, 0.3) is 0 Å². The number of aliphatic hydroxyl groups is 3. The average molecular weight is 349 g/mol. The van der Waals surface area contributed by atoms with Gasteiger partial charge in [-0.3, -0.25) is 4.79 Å². The summed E-state index contributed by atoms with van der Waals surface area (Å²) in [5.41, 5.74) is 7.10. The van der Waals surface area contributed by atoms with Crippen LogP contribution in [-0.4, -0.2) is 39.9 Å². The zero-order chi connectivity index (χ0) is 18.4. The lowest BCUT2D eigenvalue weighted by atomic mass is 9.72. The van der Waals surface area contributed by atoms with E-state index in [-0.39, 0.29) is 5.78 Å². The minimum Gasteiger partial charge on any atom is -0.394 e. The summed E-state index contributed by atoms with van der Waals surface area (Å²) in [7, 11) is 0. The number of hydrogen-bond donors (Lipinski definition) is 4. The predicted molar refractivity (Wildman–Crippen MR) is 97.4 cm³/mol. The highest BCUT2D eigenvalue weighted by Crippen LogP contribution is 2.33. The first kappa shape index (κ1) is 20.0. The molecule has 1 aliphatic rings. The van der Waals surface area contributed by atoms with Crippen LogP contribution in [0.1, 0.15) is 73.0 Å². The maximum Gasteiger partial charge on any atom is 0.168 e. The largest absolute Gasteiger partial charge is 0.394 e. The summed E-state index contributed by atoms with van der Waals surface area (Å²) in [6, 6.07) is 5.48. The molecule has 5 heteroatoms. The number of aliphatic hydroxyl groups excluding tert-OH is 3. The first-order valence-corrected chi connectivity index (χ1v) is 9.32. The lowest BCUT2D eigenvalue weighted by Crippen LogP contribution is -2.57. The maximum atomic E-state index is 12.7. The molecule has 1 aliphatic carbocycles. The number of ketones is 1. The first-order chi connectivity index (χ1) is 12.0. The van der Waals surface area contributed by atoms with E-state index in [4.69, 9.17) is 5.73 Å². The SMILES string of the molecule is CCCCCCC(O)c1ccc2c(c1)CCC(C(N)(CO)CO)C2=O. The standard InChI is InChI=1S/C20H31NO4/c1-2-3-4-5-6-18(24)15-7-9-16-14(11-15)8-10-17(19(16)25)20(21,12-22)13-23/h7,9,11,17-18,22-24H,2-6,8,10,12-13,21H2,1H3. The summed E-state index contributed by atoms with van der Waals surface area (Å²) in [4.78, 5) is 12.7. The number of nitrogens with two attached hydrogens (primary N) is 1. The number of carbonyl (C=O) groups is 1. The molecular weight excluding hydrogens is 318 g/mol. The van der Waals surface area contributed by atoms with Crippen molar-refractivity contribution in [3.05, 3.63) is 34.9 Å². The molecule has 0 aliphatic heterocycles. The number of unbranched alkanes of at least 4 members (excludes halogenated alkanes) is 3. The van der Waals surface area contributed by atoms with Gasteiger partial charge in [-0.1, -0.05) is 50.8 Å². The Kier molecular flexibility index (Phi) is 7.14. The number of aryl methyl sites for hydroxylation is 1. The number of benzene rings is 1. The molecule has 0 spiro atoms. The fourth-order valence-electron chi connectivity index (χ4n) is 3.64. The van der Waals surface area contributed by atoms with Crippen molar-refractivity contribution >= 4 is 5.78 Å². The van der Waals surface area contributed by atoms with Gasteiger partial charge in [0.2, 0.25) is 0 Å². The maximum absolute atomic E-state index is 12.7. The van der Waals surface area contributed by atoms with Gasteiger partial charge in [0.1, 0.15) is 0 Å². The molecule has 0 aromatic heterocycles. The van der Waals surface area contributed by atoms with E-state index >= 15 is 0 Å². The highest BCUT2D eigenvalue weighted by Gasteiger charge is 2.41. The van der Waals surface area contributed by atoms with Gasteiger partial charge >= 0.3 is 0 Å². The second-order valence-electron chi connectivity index (χ2n) is 7.29. The zero-order valence-electron chi connectivity index (χ0n) is 15.1. The van der Waals surface area contributed by atoms with Crippen molar-refractivity contribution < 1.29 is 20.1 Å². The highest BCUT2D eigenvalue weighted by molar-refractivity contribution is 6.01. The Morgan fingerprint density at radius 3 is 2.60 bits per heavy atom. The summed E-state index contributed by atoms with van der Waals surface area (Å²) in [5.74, 6) is -0.712. The van der Waals surface area contributed by atoms with E-state index in [9.17, 15) is 20.1 Å². The molecule has 25 heavy (non-hydrogen) atoms. The number of fused-ring (bicyclic) bond motifs is 1. The predicted octanol–water partition coefficient (Wildman–Crippen LogP) is 2.12. The average Bonchev–Trinajstić information content (AvgIpc) is 2.64. The van der Waals surface area contributed by atoms with Crippen LogP contribution in [-0.2, 0) is 6.42 Å². The molecule has 0 radical (unpaired) electrons. The van der Waals surface area contributed by atoms with Crippen LogP contribution in [0.15, 0.2) is 18.2 Å². The van der Waals surface area contributed by atoms with Gasteiger partial charge in [-0.15, -0.1) is 0 Å². The van der Waals surface area contributed by atoms with Gasteiger partial charge < -0.3 is 21.1 Å². The van der Waals surface area contributed by atoms with E-state index in [1.54, 1.807) is 12.1 Å². The summed E-state index contributed by atoms with van der Waals surface area (Å²) in [6.45, 7) is 1.31. The minimum atomic E-state index is -1.29. The number of hydrogen-bond acceptors (Lipinski definition) is 5. The number of carbonyl (C=O) groups excluding carboxylic acids is 1. The molecule has 0 fully saturated rings. The van der Waals surface area contributed by atoms with E-state index in [2.05, 4.69) is 6.92 Å². The summed E-state index contributed by atoms with van der Waals surface area (Å²) >= 11 is 0. The molecule has 0 amide bonds. The Bertz CT molecular complexity index is 583. The van der Waals surface area contributed by atoms with Crippen molar-refractivity contribution in [2.75, 3.05) is 13.2 Å². The Labute approximate surface area is 149 Å². The van der Waals surface area contributed by atoms with Crippen LogP contribution < -0.4 is 5.73 Å². The number of Topliss-reactive ketones (excluding diaryl/α,β-unsaturated/α-hetero) is 1. The van der Waals surface area contributed by atoms with Gasteiger partial charge in [0, 0.05) is 11.5 Å². The van der Waals surface area contributed by atoms with Crippen molar-refractivity contribution in [1.82, 2.24) is 0 Å². The van der Waals surface area contributed by atoms with Crippen molar-refractivity contribution in [3.8, 4) is 0 Å². The van der Waals surface area contributed by atoms with E-state index in [1.807, 2.05) is 6.07 Å². The summed E-state index contributed by atoms with van der Waals surface area (Å²) in [5, 5.41) is 29.3. The molecule has 2 rings (SSSR count). The zero-order valence-corrected chi connectivity index (χ0v) is 15.1. The molecule has 0 bridgehead atoms. The molecule has 2 atom stereocenters. The van der Waals surface area contributed by atoms with Crippen molar-refractivity contribution in [2.24, 2.45) is 11.7 Å². The van der Waals surface area contributed by atoms with E-state index < -0.39 is 30.8 Å². The highest BCUT2D eigenvalue weighted by atomic mass is 16.3. The number of rotatable bonds is 9. The molecule has 5 N–H and O–H groups in total. The fourth-order valence-corrected chi connectivity index (χ4v) is 3.64. The molecule has 0 saturated heterocycles. The first-order valence-electron chi connectivity index (χ1n) is 9.32. The molecule has 0 saturated carbocycles. The Morgan fingerprint density at radius 1 is 1.24 bits per heavy atom. The minimum absolute atomic E-state index is 0.129. The van der Waals surface area contributed by atoms with Crippen molar-refractivity contribution in [1.29, 1.82) is 0 Å². The van der Waals surface area contributed by atoms with E-state index in [0.717, 1.165) is 30.4 Å². The molecule has 1 aromatic rings. The van der Waals surface area contributed by atoms with Crippen LogP contribution in [0.25, 0.3) is 0 Å². The third-order valence-corrected chi connectivity index (χ3v) is 5.41. The van der Waals surface area contributed by atoms with Gasteiger partial charge in [-0.25, -0.2) is 0 Å². The molecule has 0 heterocycles. The molecule has 2 unspecified atom stereocenters. The second-order valence-corrected chi connectivity index (χ2v) is 7.29. The van der Waals surface area contributed by atoms with E-state index in [1.165, 1.54) is 12.8 Å². The van der Waals surface area contributed by atoms with Gasteiger partial charge in [-0.2, -0.15) is 0 Å². The van der Waals surface area contributed by atoms with Crippen LogP contribution in [0.5, 0.6) is 0 Å². The van der Waals surface area contributed by atoms with Crippen LogP contribution in [0.3, 0.4) is 0 Å². The van der Waals surface area contributed by atoms with Crippen LogP contribution in [0.2, 0.25) is 0 Å². The van der Waals surface area contributed by atoms with Crippen molar-refractivity contribution in [3.63, 3.8) is 0 Å². The summed E-state index contributed by atoms with van der Waals surface area (Å²) in [6.07, 6.45) is 5.86. The van der Waals surface area contributed by atoms with Gasteiger partial charge in [0.15, 0.2) is 5.78 Å². The van der Waals surface area contributed by atoms with Crippen LogP contribution >= 0.6 is 0 Å². The van der Waals surface area contributed by atoms with Crippen LogP contribution in [0.4, 0.5) is 0 Å². The third-order valence-electron chi connectivity index (χ3n) is 5.41. The van der Waals surface area contributed by atoms with Crippen LogP contribution in [0, 0.1) is 5.92 Å². The fraction of sp³-hybridized carbons (Fsp3) is 0.650.